The van der Waals surface area contributed by atoms with E-state index in [-0.39, 0.29) is 10.0 Å². The fraction of sp³-hybridized carbons (Fsp3) is 0. The molecular weight excluding hydrogens is 232 g/mol. The second-order valence-electron chi connectivity index (χ2n) is 2.04. The Hall–Kier alpha value is -0.970. The van der Waals surface area contributed by atoms with Crippen LogP contribution >= 0.6 is 15.9 Å². The van der Waals surface area contributed by atoms with Crippen molar-refractivity contribution in [2.75, 3.05) is 0 Å². The van der Waals surface area contributed by atoms with Crippen LogP contribution in [0.15, 0.2) is 21.8 Å². The molecule has 0 spiro atoms. The zero-order valence-corrected chi connectivity index (χ0v) is 7.35. The van der Waals surface area contributed by atoms with Crippen molar-refractivity contribution < 1.29 is 14.0 Å². The van der Waals surface area contributed by atoms with Gasteiger partial charge in [0.15, 0.2) is 0 Å². The fourth-order valence-electron chi connectivity index (χ4n) is 0.732. The van der Waals surface area contributed by atoms with Gasteiger partial charge in [0, 0.05) is 5.56 Å². The van der Waals surface area contributed by atoms with Crippen molar-refractivity contribution >= 4 is 22.1 Å². The predicted molar refractivity (Wildman–Crippen MR) is 43.4 cm³/mol. The minimum Gasteiger partial charge on any atom is -0.411 e. The first-order valence-corrected chi connectivity index (χ1v) is 3.76. The number of halogens is 3. The summed E-state index contributed by atoms with van der Waals surface area (Å²) in [7, 11) is 0. The highest BCUT2D eigenvalue weighted by molar-refractivity contribution is 9.10. The molecule has 0 radical (unpaired) electrons. The summed E-state index contributed by atoms with van der Waals surface area (Å²) in [5.41, 5.74) is -0.107. The fourth-order valence-corrected chi connectivity index (χ4v) is 1.18. The van der Waals surface area contributed by atoms with Crippen molar-refractivity contribution in [3.05, 3.63) is 33.8 Å². The molecule has 1 rings (SSSR count). The molecule has 0 bridgehead atoms. The molecule has 0 atom stereocenters. The van der Waals surface area contributed by atoms with Gasteiger partial charge in [-0.1, -0.05) is 5.16 Å². The summed E-state index contributed by atoms with van der Waals surface area (Å²) in [4.78, 5) is 0. The molecule has 0 saturated carbocycles. The van der Waals surface area contributed by atoms with E-state index in [4.69, 9.17) is 5.21 Å². The van der Waals surface area contributed by atoms with E-state index in [9.17, 15) is 8.78 Å². The minimum absolute atomic E-state index is 0.00241. The first-order valence-electron chi connectivity index (χ1n) is 2.97. The molecule has 0 aromatic heterocycles. The Balaban J connectivity index is 3.27. The SMILES string of the molecule is O/N=C/c1cc(F)cc(Br)c1F. The van der Waals surface area contributed by atoms with Crippen LogP contribution in [0.1, 0.15) is 5.56 Å². The van der Waals surface area contributed by atoms with Crippen molar-refractivity contribution in [1.82, 2.24) is 0 Å². The van der Waals surface area contributed by atoms with Gasteiger partial charge in [-0.3, -0.25) is 0 Å². The van der Waals surface area contributed by atoms with Crippen LogP contribution in [-0.2, 0) is 0 Å². The molecule has 1 aromatic rings. The molecule has 1 N–H and O–H groups in total. The lowest BCUT2D eigenvalue weighted by Crippen LogP contribution is -1.91. The van der Waals surface area contributed by atoms with Gasteiger partial charge < -0.3 is 5.21 Å². The lowest BCUT2D eigenvalue weighted by molar-refractivity contribution is 0.321. The number of benzene rings is 1. The van der Waals surface area contributed by atoms with Crippen LogP contribution in [0.25, 0.3) is 0 Å². The molecule has 12 heavy (non-hydrogen) atoms. The maximum absolute atomic E-state index is 13.0. The van der Waals surface area contributed by atoms with Crippen molar-refractivity contribution in [2.24, 2.45) is 5.16 Å². The second kappa shape index (κ2) is 3.62. The van der Waals surface area contributed by atoms with E-state index < -0.39 is 11.6 Å². The van der Waals surface area contributed by atoms with Crippen LogP contribution in [0.3, 0.4) is 0 Å². The van der Waals surface area contributed by atoms with Crippen molar-refractivity contribution in [1.29, 1.82) is 0 Å². The summed E-state index contributed by atoms with van der Waals surface area (Å²) in [5, 5.41) is 10.7. The quantitative estimate of drug-likeness (QED) is 0.345. The van der Waals surface area contributed by atoms with Gasteiger partial charge >= 0.3 is 0 Å². The van der Waals surface area contributed by atoms with Crippen LogP contribution in [-0.4, -0.2) is 11.4 Å². The summed E-state index contributed by atoms with van der Waals surface area (Å²) in [6.07, 6.45) is 0.823. The summed E-state index contributed by atoms with van der Waals surface area (Å²) >= 11 is 2.81. The lowest BCUT2D eigenvalue weighted by Gasteiger charge is -1.98. The first kappa shape index (κ1) is 9.12. The molecule has 0 amide bonds. The van der Waals surface area contributed by atoms with E-state index in [0.717, 1.165) is 18.3 Å². The average molecular weight is 236 g/mol. The predicted octanol–water partition coefficient (Wildman–Crippen LogP) is 2.54. The molecular formula is C7H4BrF2NO. The van der Waals surface area contributed by atoms with Gasteiger partial charge in [-0.05, 0) is 28.1 Å². The molecule has 64 valence electrons. The molecule has 2 nitrogen and oxygen atoms in total. The maximum atomic E-state index is 13.0. The topological polar surface area (TPSA) is 32.6 Å². The molecule has 0 aliphatic rings. The Morgan fingerprint density at radius 1 is 1.42 bits per heavy atom. The van der Waals surface area contributed by atoms with Crippen LogP contribution in [0, 0.1) is 11.6 Å². The molecule has 0 aliphatic carbocycles. The monoisotopic (exact) mass is 235 g/mol. The molecule has 0 saturated heterocycles. The highest BCUT2D eigenvalue weighted by Gasteiger charge is 2.06. The van der Waals surface area contributed by atoms with Gasteiger partial charge in [0.05, 0.1) is 10.7 Å². The molecule has 0 heterocycles. The molecule has 1 aromatic carbocycles. The van der Waals surface area contributed by atoms with Crippen molar-refractivity contribution in [2.45, 2.75) is 0 Å². The lowest BCUT2D eigenvalue weighted by atomic mass is 10.2. The highest BCUT2D eigenvalue weighted by atomic mass is 79.9. The number of hydrogen-bond donors (Lipinski definition) is 1. The Labute approximate surface area is 75.6 Å². The van der Waals surface area contributed by atoms with E-state index in [1.807, 2.05) is 0 Å². The molecule has 5 heteroatoms. The Kier molecular flexibility index (Phi) is 2.75. The number of hydrogen-bond acceptors (Lipinski definition) is 2. The van der Waals surface area contributed by atoms with Crippen molar-refractivity contribution in [3.8, 4) is 0 Å². The zero-order valence-electron chi connectivity index (χ0n) is 5.76. The summed E-state index contributed by atoms with van der Waals surface area (Å²) in [6, 6.07) is 1.92. The van der Waals surface area contributed by atoms with E-state index in [1.165, 1.54) is 0 Å². The highest BCUT2D eigenvalue weighted by Crippen LogP contribution is 2.19. The summed E-state index contributed by atoms with van der Waals surface area (Å²) < 4.78 is 25.5. The summed E-state index contributed by atoms with van der Waals surface area (Å²) in [6.45, 7) is 0. The van der Waals surface area contributed by atoms with Gasteiger partial charge in [-0.25, -0.2) is 8.78 Å². The van der Waals surface area contributed by atoms with Gasteiger partial charge in [-0.2, -0.15) is 0 Å². The normalized spacial score (nSPS) is 10.9. The molecule has 0 fully saturated rings. The smallest absolute Gasteiger partial charge is 0.146 e. The third-order valence-corrected chi connectivity index (χ3v) is 1.79. The summed E-state index contributed by atoms with van der Waals surface area (Å²) in [5.74, 6) is -1.26. The average Bonchev–Trinajstić information content (AvgIpc) is 2.00. The molecule has 0 unspecified atom stereocenters. The Morgan fingerprint density at radius 3 is 2.67 bits per heavy atom. The Bertz CT molecular complexity index is 327. The van der Waals surface area contributed by atoms with Crippen molar-refractivity contribution in [3.63, 3.8) is 0 Å². The maximum Gasteiger partial charge on any atom is 0.146 e. The third-order valence-electron chi connectivity index (χ3n) is 1.22. The largest absolute Gasteiger partial charge is 0.411 e. The van der Waals surface area contributed by atoms with Crippen LogP contribution in [0.2, 0.25) is 0 Å². The minimum atomic E-state index is -0.658. The number of oxime groups is 1. The van der Waals surface area contributed by atoms with E-state index in [0.29, 0.717) is 0 Å². The number of nitrogens with zero attached hydrogens (tertiary/aromatic N) is 1. The number of rotatable bonds is 1. The van der Waals surface area contributed by atoms with Gasteiger partial charge in [0.1, 0.15) is 11.6 Å². The standard InChI is InChI=1S/C7H4BrF2NO/c8-6-2-5(9)1-4(3-11-12)7(6)10/h1-3,12H/b11-3+. The van der Waals surface area contributed by atoms with Crippen LogP contribution in [0.5, 0.6) is 0 Å². The van der Waals surface area contributed by atoms with E-state index >= 15 is 0 Å². The second-order valence-corrected chi connectivity index (χ2v) is 2.89. The van der Waals surface area contributed by atoms with Crippen LogP contribution in [0.4, 0.5) is 8.78 Å². The van der Waals surface area contributed by atoms with E-state index in [2.05, 4.69) is 21.1 Å². The van der Waals surface area contributed by atoms with Crippen LogP contribution < -0.4 is 0 Å². The third kappa shape index (κ3) is 1.79. The van der Waals surface area contributed by atoms with E-state index in [1.54, 1.807) is 0 Å². The van der Waals surface area contributed by atoms with Gasteiger partial charge in [0.25, 0.3) is 0 Å². The Morgan fingerprint density at radius 2 is 2.08 bits per heavy atom. The van der Waals surface area contributed by atoms with Gasteiger partial charge in [-0.15, -0.1) is 0 Å². The van der Waals surface area contributed by atoms with Gasteiger partial charge in [0.2, 0.25) is 0 Å². The first-order chi connectivity index (χ1) is 5.65. The molecule has 0 aliphatic heterocycles. The zero-order chi connectivity index (χ0) is 9.14.